The van der Waals surface area contributed by atoms with E-state index >= 15 is 0 Å². The molecule has 3 saturated heterocycles. The molecule has 0 spiro atoms. The van der Waals surface area contributed by atoms with Gasteiger partial charge in [-0.2, -0.15) is 0 Å². The summed E-state index contributed by atoms with van der Waals surface area (Å²) in [6.07, 6.45) is 5.62. The average Bonchev–Trinajstić information content (AvgIpc) is 3.24. The summed E-state index contributed by atoms with van der Waals surface area (Å²) in [6.45, 7) is 7.80. The molecule has 1 saturated carbocycles. The predicted molar refractivity (Wildman–Crippen MR) is 87.1 cm³/mol. The van der Waals surface area contributed by atoms with Gasteiger partial charge in [-0.05, 0) is 30.6 Å². The third-order valence-electron chi connectivity index (χ3n) is 6.34. The Balaban J connectivity index is 1.37. The summed E-state index contributed by atoms with van der Waals surface area (Å²) < 4.78 is 11.2. The maximum Gasteiger partial charge on any atom is 0.228 e. The van der Waals surface area contributed by atoms with Crippen LogP contribution in [0.4, 0.5) is 0 Å². The smallest absolute Gasteiger partial charge is 0.228 e. The second-order valence-electron chi connectivity index (χ2n) is 7.87. The van der Waals surface area contributed by atoms with Crippen LogP contribution >= 0.6 is 0 Å². The fraction of sp³-hybridized carbons (Fsp3) is 0.944. The van der Waals surface area contributed by atoms with Gasteiger partial charge in [0, 0.05) is 32.7 Å². The van der Waals surface area contributed by atoms with Crippen molar-refractivity contribution in [1.82, 2.24) is 9.80 Å². The van der Waals surface area contributed by atoms with Gasteiger partial charge in [0.15, 0.2) is 0 Å². The molecule has 3 atom stereocenters. The van der Waals surface area contributed by atoms with Gasteiger partial charge in [0.2, 0.25) is 5.91 Å². The molecule has 4 rings (SSSR count). The van der Waals surface area contributed by atoms with Crippen molar-refractivity contribution in [3.8, 4) is 0 Å². The van der Waals surface area contributed by atoms with Crippen molar-refractivity contribution >= 4 is 5.91 Å². The minimum absolute atomic E-state index is 0.0698. The van der Waals surface area contributed by atoms with Gasteiger partial charge in [-0.25, -0.2) is 0 Å². The normalized spacial score (nSPS) is 36.3. The fourth-order valence-corrected chi connectivity index (χ4v) is 5.07. The topological polar surface area (TPSA) is 42.0 Å². The van der Waals surface area contributed by atoms with E-state index in [2.05, 4.69) is 4.90 Å². The van der Waals surface area contributed by atoms with Crippen molar-refractivity contribution in [3.63, 3.8) is 0 Å². The van der Waals surface area contributed by atoms with E-state index in [4.69, 9.17) is 9.47 Å². The maximum absolute atomic E-state index is 12.9. The van der Waals surface area contributed by atoms with E-state index in [1.165, 1.54) is 32.2 Å². The molecule has 3 aliphatic heterocycles. The van der Waals surface area contributed by atoms with Gasteiger partial charge in [0.25, 0.3) is 0 Å². The Hall–Kier alpha value is -0.650. The number of ether oxygens (including phenoxy) is 2. The number of hydrogen-bond acceptors (Lipinski definition) is 4. The van der Waals surface area contributed by atoms with Crippen molar-refractivity contribution in [3.05, 3.63) is 0 Å². The molecule has 0 radical (unpaired) electrons. The van der Waals surface area contributed by atoms with Crippen molar-refractivity contribution in [1.29, 1.82) is 0 Å². The molecule has 0 N–H and O–H groups in total. The Bertz CT molecular complexity index is 418. The average molecular weight is 322 g/mol. The number of rotatable bonds is 3. The minimum Gasteiger partial charge on any atom is -0.380 e. The van der Waals surface area contributed by atoms with Crippen LogP contribution in [0.2, 0.25) is 0 Å². The molecule has 130 valence electrons. The zero-order valence-electron chi connectivity index (χ0n) is 14.1. The number of amides is 1. The number of hydrogen-bond donors (Lipinski definition) is 0. The standard InChI is InChI=1S/C18H30N2O3/c21-18(20-5-7-22-8-6-20)17-13-23-12-15-10-19(11-16(15)17)9-14-3-1-2-4-14/h14-17H,1-13H2/t15-,16-,17+/m0/s1. The van der Waals surface area contributed by atoms with Crippen LogP contribution in [0.1, 0.15) is 25.7 Å². The van der Waals surface area contributed by atoms with Crippen LogP contribution in [-0.2, 0) is 14.3 Å². The highest BCUT2D eigenvalue weighted by Gasteiger charge is 2.45. The zero-order valence-corrected chi connectivity index (χ0v) is 14.1. The summed E-state index contributed by atoms with van der Waals surface area (Å²) in [4.78, 5) is 17.5. The lowest BCUT2D eigenvalue weighted by Gasteiger charge is -2.37. The van der Waals surface area contributed by atoms with Gasteiger partial charge in [-0.3, -0.25) is 4.79 Å². The summed E-state index contributed by atoms with van der Waals surface area (Å²) in [5.74, 6) is 2.33. The number of likely N-dealkylation sites (tertiary alicyclic amines) is 1. The fourth-order valence-electron chi connectivity index (χ4n) is 5.07. The number of morpholine rings is 1. The number of carbonyl (C=O) groups excluding carboxylic acids is 1. The molecule has 0 unspecified atom stereocenters. The first-order chi connectivity index (χ1) is 11.3. The molecule has 1 amide bonds. The maximum atomic E-state index is 12.9. The highest BCUT2D eigenvalue weighted by Crippen LogP contribution is 2.36. The second kappa shape index (κ2) is 7.08. The van der Waals surface area contributed by atoms with E-state index in [9.17, 15) is 4.79 Å². The van der Waals surface area contributed by atoms with Gasteiger partial charge < -0.3 is 19.3 Å². The minimum atomic E-state index is 0.0698. The Labute approximate surface area is 139 Å². The van der Waals surface area contributed by atoms with E-state index in [0.29, 0.717) is 37.6 Å². The van der Waals surface area contributed by atoms with Gasteiger partial charge in [0.05, 0.1) is 32.3 Å². The third kappa shape index (κ3) is 3.42. The van der Waals surface area contributed by atoms with Crippen LogP contribution < -0.4 is 0 Å². The van der Waals surface area contributed by atoms with E-state index in [0.717, 1.165) is 38.7 Å². The molecule has 23 heavy (non-hydrogen) atoms. The van der Waals surface area contributed by atoms with E-state index in [1.54, 1.807) is 0 Å². The summed E-state index contributed by atoms with van der Waals surface area (Å²) >= 11 is 0. The summed E-state index contributed by atoms with van der Waals surface area (Å²) in [7, 11) is 0. The Morgan fingerprint density at radius 1 is 1.00 bits per heavy atom. The van der Waals surface area contributed by atoms with E-state index in [-0.39, 0.29) is 5.92 Å². The highest BCUT2D eigenvalue weighted by molar-refractivity contribution is 5.79. The van der Waals surface area contributed by atoms with Gasteiger partial charge in [0.1, 0.15) is 0 Å². The first kappa shape index (κ1) is 15.9. The summed E-state index contributed by atoms with van der Waals surface area (Å²) in [5.41, 5.74) is 0. The van der Waals surface area contributed by atoms with Crippen LogP contribution in [-0.4, -0.2) is 74.9 Å². The van der Waals surface area contributed by atoms with Gasteiger partial charge >= 0.3 is 0 Å². The van der Waals surface area contributed by atoms with E-state index in [1.807, 2.05) is 4.90 Å². The largest absolute Gasteiger partial charge is 0.380 e. The molecule has 4 aliphatic rings. The molecular weight excluding hydrogens is 292 g/mol. The summed E-state index contributed by atoms with van der Waals surface area (Å²) in [5, 5.41) is 0. The molecule has 4 fully saturated rings. The SMILES string of the molecule is O=C([C@@H]1COC[C@@H]2CN(CC3CCCC3)C[C@@H]21)N1CCOCC1. The molecule has 0 aromatic rings. The van der Waals surface area contributed by atoms with Crippen LogP contribution in [0.15, 0.2) is 0 Å². The highest BCUT2D eigenvalue weighted by atomic mass is 16.5. The Kier molecular flexibility index (Phi) is 4.88. The lowest BCUT2D eigenvalue weighted by molar-refractivity contribution is -0.148. The van der Waals surface area contributed by atoms with Crippen LogP contribution in [0, 0.1) is 23.7 Å². The lowest BCUT2D eigenvalue weighted by atomic mass is 9.82. The summed E-state index contributed by atoms with van der Waals surface area (Å²) in [6, 6.07) is 0. The first-order valence-electron chi connectivity index (χ1n) is 9.48. The van der Waals surface area contributed by atoms with Gasteiger partial charge in [-0.15, -0.1) is 0 Å². The number of fused-ring (bicyclic) bond motifs is 1. The zero-order chi connectivity index (χ0) is 15.6. The molecule has 1 aliphatic carbocycles. The molecule has 0 aromatic heterocycles. The second-order valence-corrected chi connectivity index (χ2v) is 7.87. The van der Waals surface area contributed by atoms with Crippen molar-refractivity contribution in [2.24, 2.45) is 23.7 Å². The third-order valence-corrected chi connectivity index (χ3v) is 6.34. The quantitative estimate of drug-likeness (QED) is 0.784. The lowest BCUT2D eigenvalue weighted by Crippen LogP contribution is -2.49. The molecule has 0 aromatic carbocycles. The van der Waals surface area contributed by atoms with E-state index < -0.39 is 0 Å². The molecule has 3 heterocycles. The molecule has 5 heteroatoms. The Morgan fingerprint density at radius 2 is 1.78 bits per heavy atom. The van der Waals surface area contributed by atoms with Crippen LogP contribution in [0.3, 0.4) is 0 Å². The molecule has 5 nitrogen and oxygen atoms in total. The monoisotopic (exact) mass is 322 g/mol. The number of nitrogens with zero attached hydrogens (tertiary/aromatic N) is 2. The van der Waals surface area contributed by atoms with Crippen LogP contribution in [0.5, 0.6) is 0 Å². The molecule has 0 bridgehead atoms. The number of carbonyl (C=O) groups is 1. The Morgan fingerprint density at radius 3 is 2.57 bits per heavy atom. The predicted octanol–water partition coefficient (Wildman–Crippen LogP) is 1.23. The van der Waals surface area contributed by atoms with Crippen LogP contribution in [0.25, 0.3) is 0 Å². The van der Waals surface area contributed by atoms with Crippen molar-refractivity contribution < 1.29 is 14.3 Å². The van der Waals surface area contributed by atoms with Gasteiger partial charge in [-0.1, -0.05) is 12.8 Å². The molecular formula is C18H30N2O3. The van der Waals surface area contributed by atoms with Crippen molar-refractivity contribution in [2.75, 3.05) is 59.2 Å². The first-order valence-corrected chi connectivity index (χ1v) is 9.48. The van der Waals surface area contributed by atoms with Crippen molar-refractivity contribution in [2.45, 2.75) is 25.7 Å².